The average molecular weight is 801 g/mol. The first-order chi connectivity index (χ1) is 30.0. The molecule has 0 aliphatic heterocycles. The third kappa shape index (κ3) is 6.96. The predicted molar refractivity (Wildman–Crippen MR) is 268 cm³/mol. The lowest BCUT2D eigenvalue weighted by atomic mass is 9.85. The average Bonchev–Trinajstić information content (AvgIpc) is 3.24. The van der Waals surface area contributed by atoms with Crippen LogP contribution in [0.4, 0.5) is 34.1 Å². The van der Waals surface area contributed by atoms with Crippen molar-refractivity contribution in [1.82, 2.24) is 0 Å². The molecule has 0 spiro atoms. The smallest absolute Gasteiger partial charge is 0.0546 e. The minimum absolute atomic E-state index is 1.14. The summed E-state index contributed by atoms with van der Waals surface area (Å²) in [4.78, 5) is 4.99. The molecule has 0 heterocycles. The summed E-state index contributed by atoms with van der Waals surface area (Å²) in [5.74, 6) is 0. The van der Waals surface area contributed by atoms with E-state index in [0.717, 1.165) is 34.1 Å². The third-order valence-corrected chi connectivity index (χ3v) is 12.5. The Morgan fingerprint density at radius 1 is 0.258 bits per heavy atom. The van der Waals surface area contributed by atoms with E-state index in [1.807, 2.05) is 0 Å². The molecule has 0 unspecified atom stereocenters. The molecule has 0 atom stereocenters. The lowest BCUT2D eigenvalue weighted by molar-refractivity contribution is 1.25. The lowest BCUT2D eigenvalue weighted by Gasteiger charge is -2.31. The predicted octanol–water partition coefficient (Wildman–Crippen LogP) is 17.3. The van der Waals surface area contributed by atoms with Gasteiger partial charge in [0.1, 0.15) is 0 Å². The van der Waals surface area contributed by atoms with Crippen molar-refractivity contribution in [3.05, 3.63) is 214 Å². The van der Waals surface area contributed by atoms with Crippen LogP contribution in [0.25, 0.3) is 54.6 Å². The zero-order valence-electron chi connectivity index (χ0n) is 37.1. The molecule has 0 bridgehead atoms. The Bertz CT molecular complexity index is 3050. The molecule has 0 amide bonds. The Morgan fingerprint density at radius 3 is 0.952 bits per heavy atom. The molecule has 0 aliphatic rings. The van der Waals surface area contributed by atoms with Gasteiger partial charge in [0.05, 0.1) is 11.4 Å². The molecule has 0 radical (unpaired) electrons. The van der Waals surface area contributed by atoms with Crippen LogP contribution in [-0.4, -0.2) is 0 Å². The third-order valence-electron chi connectivity index (χ3n) is 12.5. The van der Waals surface area contributed by atoms with Crippen LogP contribution in [0, 0.1) is 55.4 Å². The van der Waals surface area contributed by atoms with Crippen molar-refractivity contribution in [1.29, 1.82) is 0 Å². The number of nitrogens with zero attached hydrogens (tertiary/aromatic N) is 2. The zero-order valence-corrected chi connectivity index (χ0v) is 37.1. The van der Waals surface area contributed by atoms with Gasteiger partial charge in [-0.1, -0.05) is 120 Å². The number of hydrogen-bond acceptors (Lipinski definition) is 2. The van der Waals surface area contributed by atoms with Gasteiger partial charge in [0.2, 0.25) is 0 Å². The van der Waals surface area contributed by atoms with Crippen molar-refractivity contribution in [2.75, 3.05) is 9.80 Å². The van der Waals surface area contributed by atoms with Gasteiger partial charge in [-0.25, -0.2) is 0 Å². The molecule has 10 aromatic carbocycles. The molecule has 302 valence electrons. The molecule has 2 nitrogen and oxygen atoms in total. The van der Waals surface area contributed by atoms with Crippen LogP contribution >= 0.6 is 0 Å². The molecule has 0 saturated carbocycles. The molecule has 2 heteroatoms. The van der Waals surface area contributed by atoms with Crippen LogP contribution in [0.1, 0.15) is 44.5 Å². The summed E-state index contributed by atoms with van der Waals surface area (Å²) in [5, 5.41) is 7.47. The van der Waals surface area contributed by atoms with Gasteiger partial charge >= 0.3 is 0 Å². The Morgan fingerprint density at radius 2 is 0.597 bits per heavy atom. The van der Waals surface area contributed by atoms with Gasteiger partial charge in [-0.15, -0.1) is 0 Å². The van der Waals surface area contributed by atoms with Gasteiger partial charge in [-0.2, -0.15) is 0 Å². The Labute approximate surface area is 366 Å². The van der Waals surface area contributed by atoms with Crippen molar-refractivity contribution in [2.45, 2.75) is 55.4 Å². The van der Waals surface area contributed by atoms with Crippen LogP contribution in [-0.2, 0) is 0 Å². The highest BCUT2D eigenvalue weighted by Gasteiger charge is 2.26. The number of hydrogen-bond donors (Lipinski definition) is 0. The van der Waals surface area contributed by atoms with Gasteiger partial charge in [-0.05, 0) is 182 Å². The van der Waals surface area contributed by atoms with Crippen LogP contribution < -0.4 is 9.80 Å². The first-order valence-corrected chi connectivity index (χ1v) is 21.8. The maximum absolute atomic E-state index is 2.49. The maximum Gasteiger partial charge on any atom is 0.0546 e. The molecule has 0 aromatic heterocycles. The molecule has 0 N–H and O–H groups in total. The van der Waals surface area contributed by atoms with Crippen LogP contribution in [0.3, 0.4) is 0 Å². The Hall–Kier alpha value is -7.16. The second-order valence-electron chi connectivity index (χ2n) is 17.7. The highest BCUT2D eigenvalue weighted by atomic mass is 15.2. The monoisotopic (exact) mass is 800 g/mol. The first-order valence-electron chi connectivity index (χ1n) is 21.8. The highest BCUT2D eigenvalue weighted by Crippen LogP contribution is 2.52. The van der Waals surface area contributed by atoms with Crippen LogP contribution in [0.5, 0.6) is 0 Å². The standard InChI is InChI=1S/C60H52N2/c1-37-15-19-45(20-16-37)55-35-57(61(47-13-9-11-39(3)29-47)49-31-41(5)27-42(6)32-49)53-26-24-52-56(46-21-17-38(2)18-22-46)36-58(54-25-23-51(55)59(53)60(52)54)62(48-14-10-12-40(4)30-48)50-33-43(7)28-44(8)34-50/h9-36H,1-8H3. The molecule has 0 fully saturated rings. The number of anilines is 6. The molecule has 10 rings (SSSR count). The number of aryl methyl sites for hydroxylation is 8. The van der Waals surface area contributed by atoms with E-state index in [4.69, 9.17) is 0 Å². The van der Waals surface area contributed by atoms with Gasteiger partial charge in [0, 0.05) is 44.3 Å². The van der Waals surface area contributed by atoms with Crippen molar-refractivity contribution < 1.29 is 0 Å². The van der Waals surface area contributed by atoms with Crippen molar-refractivity contribution in [3.8, 4) is 22.3 Å². The van der Waals surface area contributed by atoms with Crippen LogP contribution in [0.15, 0.2) is 170 Å². The van der Waals surface area contributed by atoms with E-state index in [0.29, 0.717) is 0 Å². The van der Waals surface area contributed by atoms with E-state index in [9.17, 15) is 0 Å². The molecule has 0 aliphatic carbocycles. The van der Waals surface area contributed by atoms with Gasteiger partial charge in [-0.3, -0.25) is 0 Å². The summed E-state index contributed by atoms with van der Waals surface area (Å²) in [6.07, 6.45) is 0. The summed E-state index contributed by atoms with van der Waals surface area (Å²) < 4.78 is 0. The molecule has 0 saturated heterocycles. The summed E-state index contributed by atoms with van der Waals surface area (Å²) in [6, 6.07) is 64.4. The fourth-order valence-corrected chi connectivity index (χ4v) is 9.82. The second kappa shape index (κ2) is 15.4. The van der Waals surface area contributed by atoms with Crippen molar-refractivity contribution >= 4 is 66.4 Å². The SMILES string of the molecule is Cc1ccc(-c2cc(N(c3cccc(C)c3)c3cc(C)cc(C)c3)c3ccc4c(-c5ccc(C)cc5)cc(N(c5cccc(C)c5)c5cc(C)cc(C)c5)c5ccc2c3c45)cc1. The topological polar surface area (TPSA) is 6.48 Å². The summed E-state index contributed by atoms with van der Waals surface area (Å²) >= 11 is 0. The van der Waals surface area contributed by atoms with E-state index in [2.05, 4.69) is 235 Å². The highest BCUT2D eigenvalue weighted by molar-refractivity contribution is 6.32. The minimum atomic E-state index is 1.14. The fourth-order valence-electron chi connectivity index (χ4n) is 9.82. The zero-order chi connectivity index (χ0) is 42.8. The summed E-state index contributed by atoms with van der Waals surface area (Å²) in [7, 11) is 0. The van der Waals surface area contributed by atoms with E-state index in [1.165, 1.54) is 99.1 Å². The molecule has 10 aromatic rings. The Kier molecular flexibility index (Phi) is 9.68. The van der Waals surface area contributed by atoms with Gasteiger partial charge < -0.3 is 9.80 Å². The van der Waals surface area contributed by atoms with E-state index in [1.54, 1.807) is 0 Å². The van der Waals surface area contributed by atoms with E-state index >= 15 is 0 Å². The first kappa shape index (κ1) is 39.0. The molecular weight excluding hydrogens is 749 g/mol. The summed E-state index contributed by atoms with van der Waals surface area (Å²) in [6.45, 7) is 17.5. The second-order valence-corrected chi connectivity index (χ2v) is 17.7. The quantitative estimate of drug-likeness (QED) is 0.141. The minimum Gasteiger partial charge on any atom is -0.310 e. The van der Waals surface area contributed by atoms with Crippen molar-refractivity contribution in [2.24, 2.45) is 0 Å². The molecule has 62 heavy (non-hydrogen) atoms. The Balaban J connectivity index is 1.40. The normalized spacial score (nSPS) is 11.5. The van der Waals surface area contributed by atoms with Gasteiger partial charge in [0.25, 0.3) is 0 Å². The van der Waals surface area contributed by atoms with Crippen molar-refractivity contribution in [3.63, 3.8) is 0 Å². The fraction of sp³-hybridized carbons (Fsp3) is 0.133. The lowest BCUT2D eigenvalue weighted by Crippen LogP contribution is -2.13. The maximum atomic E-state index is 2.49. The largest absolute Gasteiger partial charge is 0.310 e. The van der Waals surface area contributed by atoms with Gasteiger partial charge in [0.15, 0.2) is 0 Å². The van der Waals surface area contributed by atoms with Crippen LogP contribution in [0.2, 0.25) is 0 Å². The number of benzene rings is 10. The molecular formula is C60H52N2. The van der Waals surface area contributed by atoms with E-state index in [-0.39, 0.29) is 0 Å². The number of rotatable bonds is 8. The van der Waals surface area contributed by atoms with E-state index < -0.39 is 0 Å². The summed E-state index contributed by atoms with van der Waals surface area (Å²) in [5.41, 5.74) is 21.7.